The zero-order valence-electron chi connectivity index (χ0n) is 12.6. The lowest BCUT2D eigenvalue weighted by Crippen LogP contribution is -1.90. The minimum Gasteiger partial charge on any atom is -0.207 e. The van der Waals surface area contributed by atoms with Crippen LogP contribution >= 0.6 is 0 Å². The normalized spacial score (nSPS) is 11.0. The van der Waals surface area contributed by atoms with Gasteiger partial charge in [0.2, 0.25) is 0 Å². The Balaban J connectivity index is 2.06. The van der Waals surface area contributed by atoms with Crippen LogP contribution in [0.1, 0.15) is 25.3 Å². The fourth-order valence-corrected chi connectivity index (χ4v) is 2.76. The standard InChI is InChI=1S/C20H18F2/c1-2-3-5-14-8-10-18-16(12-14)9-11-19(20(18)22)15-6-4-7-17(21)13-15/h4,6-13H,2-3,5H2,1H3. The third kappa shape index (κ3) is 2.87. The fourth-order valence-electron chi connectivity index (χ4n) is 2.76. The van der Waals surface area contributed by atoms with Gasteiger partial charge in [0.25, 0.3) is 0 Å². The van der Waals surface area contributed by atoms with Crippen molar-refractivity contribution >= 4 is 10.8 Å². The Kier molecular flexibility index (Phi) is 4.19. The average molecular weight is 296 g/mol. The highest BCUT2D eigenvalue weighted by molar-refractivity contribution is 5.88. The molecule has 22 heavy (non-hydrogen) atoms. The molecule has 0 nitrogen and oxygen atoms in total. The van der Waals surface area contributed by atoms with Crippen LogP contribution in [0.25, 0.3) is 21.9 Å². The fraction of sp³-hybridized carbons (Fsp3) is 0.200. The van der Waals surface area contributed by atoms with Crippen molar-refractivity contribution in [3.05, 3.63) is 71.8 Å². The maximum atomic E-state index is 14.7. The Hall–Kier alpha value is -2.22. The number of aryl methyl sites for hydroxylation is 1. The molecule has 0 atom stereocenters. The van der Waals surface area contributed by atoms with E-state index in [2.05, 4.69) is 6.92 Å². The molecule has 0 aliphatic carbocycles. The van der Waals surface area contributed by atoms with E-state index in [4.69, 9.17) is 0 Å². The van der Waals surface area contributed by atoms with Crippen molar-refractivity contribution in [3.63, 3.8) is 0 Å². The molecule has 0 aliphatic rings. The van der Waals surface area contributed by atoms with E-state index in [-0.39, 0.29) is 11.6 Å². The molecule has 0 saturated heterocycles. The van der Waals surface area contributed by atoms with Crippen LogP contribution in [-0.2, 0) is 6.42 Å². The van der Waals surface area contributed by atoms with Crippen LogP contribution in [0.4, 0.5) is 8.78 Å². The number of halogens is 2. The van der Waals surface area contributed by atoms with Crippen LogP contribution in [-0.4, -0.2) is 0 Å². The second-order valence-electron chi connectivity index (χ2n) is 5.60. The van der Waals surface area contributed by atoms with Gasteiger partial charge < -0.3 is 0 Å². The van der Waals surface area contributed by atoms with E-state index in [1.54, 1.807) is 18.2 Å². The first-order chi connectivity index (χ1) is 10.7. The van der Waals surface area contributed by atoms with E-state index in [9.17, 15) is 8.78 Å². The molecular weight excluding hydrogens is 278 g/mol. The molecule has 3 aromatic rings. The molecule has 2 heteroatoms. The zero-order chi connectivity index (χ0) is 15.5. The molecule has 0 bridgehead atoms. The number of hydrogen-bond acceptors (Lipinski definition) is 0. The monoisotopic (exact) mass is 296 g/mol. The number of rotatable bonds is 4. The summed E-state index contributed by atoms with van der Waals surface area (Å²) < 4.78 is 28.1. The van der Waals surface area contributed by atoms with E-state index in [1.807, 2.05) is 24.3 Å². The summed E-state index contributed by atoms with van der Waals surface area (Å²) >= 11 is 0. The van der Waals surface area contributed by atoms with E-state index in [0.29, 0.717) is 16.5 Å². The highest BCUT2D eigenvalue weighted by atomic mass is 19.1. The van der Waals surface area contributed by atoms with Crippen molar-refractivity contribution in [2.45, 2.75) is 26.2 Å². The third-order valence-electron chi connectivity index (χ3n) is 3.97. The first-order valence-corrected chi connectivity index (χ1v) is 7.66. The number of unbranched alkanes of at least 4 members (excludes halogenated alkanes) is 1. The van der Waals surface area contributed by atoms with Crippen LogP contribution in [0, 0.1) is 11.6 Å². The molecule has 3 aromatic carbocycles. The summed E-state index contributed by atoms with van der Waals surface area (Å²) in [5.74, 6) is -0.642. The van der Waals surface area contributed by atoms with Crippen molar-refractivity contribution in [1.29, 1.82) is 0 Å². The lowest BCUT2D eigenvalue weighted by molar-refractivity contribution is 0.627. The lowest BCUT2D eigenvalue weighted by atomic mass is 9.98. The number of hydrogen-bond donors (Lipinski definition) is 0. The van der Waals surface area contributed by atoms with Gasteiger partial charge in [0.15, 0.2) is 0 Å². The van der Waals surface area contributed by atoms with Gasteiger partial charge in [0.1, 0.15) is 11.6 Å². The van der Waals surface area contributed by atoms with Crippen molar-refractivity contribution in [3.8, 4) is 11.1 Å². The Morgan fingerprint density at radius 1 is 0.909 bits per heavy atom. The lowest BCUT2D eigenvalue weighted by Gasteiger charge is -2.09. The van der Waals surface area contributed by atoms with Gasteiger partial charge in [-0.1, -0.05) is 55.8 Å². The second kappa shape index (κ2) is 6.27. The summed E-state index contributed by atoms with van der Waals surface area (Å²) in [7, 11) is 0. The summed E-state index contributed by atoms with van der Waals surface area (Å²) in [4.78, 5) is 0. The minimum atomic E-state index is -0.355. The molecule has 0 spiro atoms. The van der Waals surface area contributed by atoms with Crippen molar-refractivity contribution in [2.75, 3.05) is 0 Å². The van der Waals surface area contributed by atoms with E-state index in [0.717, 1.165) is 24.6 Å². The van der Waals surface area contributed by atoms with Gasteiger partial charge in [-0.2, -0.15) is 0 Å². The van der Waals surface area contributed by atoms with E-state index >= 15 is 0 Å². The van der Waals surface area contributed by atoms with Gasteiger partial charge in [0, 0.05) is 10.9 Å². The maximum Gasteiger partial charge on any atom is 0.138 e. The van der Waals surface area contributed by atoms with Crippen LogP contribution in [0.5, 0.6) is 0 Å². The SMILES string of the molecule is CCCCc1ccc2c(F)c(-c3cccc(F)c3)ccc2c1. The molecule has 3 rings (SSSR count). The van der Waals surface area contributed by atoms with Crippen molar-refractivity contribution < 1.29 is 8.78 Å². The largest absolute Gasteiger partial charge is 0.207 e. The first kappa shape index (κ1) is 14.7. The zero-order valence-corrected chi connectivity index (χ0v) is 12.6. The maximum absolute atomic E-state index is 14.7. The minimum absolute atomic E-state index is 0.287. The molecule has 0 radical (unpaired) electrons. The summed E-state index contributed by atoms with van der Waals surface area (Å²) in [6.45, 7) is 2.16. The second-order valence-corrected chi connectivity index (χ2v) is 5.60. The van der Waals surface area contributed by atoms with Gasteiger partial charge in [-0.25, -0.2) is 8.78 Å². The molecular formula is C20H18F2. The molecule has 0 fully saturated rings. The molecule has 0 saturated carbocycles. The van der Waals surface area contributed by atoms with Gasteiger partial charge in [0.05, 0.1) is 0 Å². The predicted molar refractivity (Wildman–Crippen MR) is 87.9 cm³/mol. The number of benzene rings is 3. The van der Waals surface area contributed by atoms with Gasteiger partial charge in [-0.3, -0.25) is 0 Å². The summed E-state index contributed by atoms with van der Waals surface area (Å²) in [5.41, 5.74) is 2.23. The average Bonchev–Trinajstić information content (AvgIpc) is 2.53. The van der Waals surface area contributed by atoms with Crippen molar-refractivity contribution in [1.82, 2.24) is 0 Å². The highest BCUT2D eigenvalue weighted by Gasteiger charge is 2.10. The molecule has 0 unspecified atom stereocenters. The van der Waals surface area contributed by atoms with Gasteiger partial charge in [-0.15, -0.1) is 0 Å². The Morgan fingerprint density at radius 3 is 2.55 bits per heavy atom. The molecule has 0 N–H and O–H groups in total. The van der Waals surface area contributed by atoms with E-state index < -0.39 is 0 Å². The summed E-state index contributed by atoms with van der Waals surface area (Å²) in [6, 6.07) is 15.6. The quantitative estimate of drug-likeness (QED) is 0.543. The molecule has 0 amide bonds. The smallest absolute Gasteiger partial charge is 0.138 e. The first-order valence-electron chi connectivity index (χ1n) is 7.66. The Morgan fingerprint density at radius 2 is 1.77 bits per heavy atom. The van der Waals surface area contributed by atoms with E-state index in [1.165, 1.54) is 17.7 Å². The van der Waals surface area contributed by atoms with Crippen LogP contribution in [0.2, 0.25) is 0 Å². The Labute approximate surface area is 129 Å². The molecule has 0 heterocycles. The van der Waals surface area contributed by atoms with Gasteiger partial charge in [-0.05, 0) is 41.5 Å². The van der Waals surface area contributed by atoms with Crippen LogP contribution in [0.3, 0.4) is 0 Å². The van der Waals surface area contributed by atoms with Crippen molar-refractivity contribution in [2.24, 2.45) is 0 Å². The van der Waals surface area contributed by atoms with Gasteiger partial charge >= 0.3 is 0 Å². The molecule has 0 aromatic heterocycles. The highest BCUT2D eigenvalue weighted by Crippen LogP contribution is 2.30. The molecule has 0 aliphatic heterocycles. The Bertz CT molecular complexity index is 806. The van der Waals surface area contributed by atoms with Crippen LogP contribution < -0.4 is 0 Å². The number of fused-ring (bicyclic) bond motifs is 1. The topological polar surface area (TPSA) is 0 Å². The molecule has 112 valence electrons. The van der Waals surface area contributed by atoms with Crippen LogP contribution in [0.15, 0.2) is 54.6 Å². The third-order valence-corrected chi connectivity index (χ3v) is 3.97. The predicted octanol–water partition coefficient (Wildman–Crippen LogP) is 6.13. The summed E-state index contributed by atoms with van der Waals surface area (Å²) in [6.07, 6.45) is 3.29. The summed E-state index contributed by atoms with van der Waals surface area (Å²) in [5, 5.41) is 1.48.